The smallest absolute Gasteiger partial charge is 0.0389 e. The maximum absolute atomic E-state index is 4.60. The van der Waals surface area contributed by atoms with Gasteiger partial charge in [-0.1, -0.05) is 6.42 Å². The van der Waals surface area contributed by atoms with E-state index < -0.39 is 0 Å². The molecule has 0 atom stereocenters. The van der Waals surface area contributed by atoms with Crippen LogP contribution in [0.25, 0.3) is 0 Å². The zero-order chi connectivity index (χ0) is 8.93. The highest BCUT2D eigenvalue weighted by atomic mass is 15.1. The highest BCUT2D eigenvalue weighted by Crippen LogP contribution is 2.11. The number of nitrogens with zero attached hydrogens (tertiary/aromatic N) is 2. The highest BCUT2D eigenvalue weighted by molar-refractivity contribution is 5.86. The summed E-state index contributed by atoms with van der Waals surface area (Å²) in [5.41, 5.74) is 1.47. The molecule has 1 fully saturated rings. The van der Waals surface area contributed by atoms with Gasteiger partial charge in [0.25, 0.3) is 0 Å². The van der Waals surface area contributed by atoms with Gasteiger partial charge in [-0.05, 0) is 45.2 Å². The van der Waals surface area contributed by atoms with E-state index in [9.17, 15) is 0 Å². The molecule has 0 amide bonds. The Morgan fingerprint density at radius 1 is 1.00 bits per heavy atom. The quantitative estimate of drug-likeness (QED) is 0.635. The lowest BCUT2D eigenvalue weighted by atomic mass is 10.1. The first-order valence-electron chi connectivity index (χ1n) is 5.70. The Balaban J connectivity index is 1.78. The first-order valence-corrected chi connectivity index (χ1v) is 5.70. The van der Waals surface area contributed by atoms with Crippen LogP contribution in [0.2, 0.25) is 0 Å². The molecule has 0 spiro atoms. The van der Waals surface area contributed by atoms with E-state index in [1.807, 2.05) is 0 Å². The Labute approximate surface area is 81.0 Å². The molecular formula is C11H20N2. The van der Waals surface area contributed by atoms with Crippen molar-refractivity contribution in [3.05, 3.63) is 0 Å². The van der Waals surface area contributed by atoms with Crippen molar-refractivity contribution in [1.82, 2.24) is 4.90 Å². The van der Waals surface area contributed by atoms with Gasteiger partial charge in [-0.25, -0.2) is 0 Å². The summed E-state index contributed by atoms with van der Waals surface area (Å²) in [6.07, 6.45) is 8.16. The topological polar surface area (TPSA) is 15.6 Å². The van der Waals surface area contributed by atoms with Gasteiger partial charge in [0.1, 0.15) is 0 Å². The van der Waals surface area contributed by atoms with Crippen LogP contribution < -0.4 is 0 Å². The standard InChI is InChI=1S/C11H20N2/c1-4-8-13(9-5-1)10-11-6-2-3-7-12-11/h1-10H2. The zero-order valence-corrected chi connectivity index (χ0v) is 8.47. The molecule has 2 aliphatic rings. The third-order valence-electron chi connectivity index (χ3n) is 3.06. The Kier molecular flexibility index (Phi) is 3.36. The summed E-state index contributed by atoms with van der Waals surface area (Å²) < 4.78 is 0. The maximum atomic E-state index is 4.60. The fourth-order valence-corrected chi connectivity index (χ4v) is 2.26. The van der Waals surface area contributed by atoms with Gasteiger partial charge in [-0.2, -0.15) is 0 Å². The molecule has 2 heterocycles. The van der Waals surface area contributed by atoms with Crippen molar-refractivity contribution >= 4 is 5.71 Å². The fourth-order valence-electron chi connectivity index (χ4n) is 2.26. The van der Waals surface area contributed by atoms with Gasteiger partial charge >= 0.3 is 0 Å². The van der Waals surface area contributed by atoms with Gasteiger partial charge in [0, 0.05) is 18.8 Å². The third-order valence-corrected chi connectivity index (χ3v) is 3.06. The van der Waals surface area contributed by atoms with Crippen LogP contribution in [0.1, 0.15) is 38.5 Å². The second-order valence-electron chi connectivity index (χ2n) is 4.24. The molecule has 13 heavy (non-hydrogen) atoms. The van der Waals surface area contributed by atoms with Crippen LogP contribution >= 0.6 is 0 Å². The van der Waals surface area contributed by atoms with Crippen molar-refractivity contribution in [2.75, 3.05) is 26.2 Å². The second-order valence-corrected chi connectivity index (χ2v) is 4.24. The zero-order valence-electron chi connectivity index (χ0n) is 8.47. The number of likely N-dealkylation sites (tertiary alicyclic amines) is 1. The van der Waals surface area contributed by atoms with E-state index in [-0.39, 0.29) is 0 Å². The summed E-state index contributed by atoms with van der Waals surface area (Å²) in [4.78, 5) is 7.18. The Morgan fingerprint density at radius 2 is 1.85 bits per heavy atom. The molecule has 0 aliphatic carbocycles. The Hall–Kier alpha value is -0.370. The average Bonchev–Trinajstić information content (AvgIpc) is 2.21. The molecule has 0 aromatic carbocycles. The van der Waals surface area contributed by atoms with E-state index in [2.05, 4.69) is 9.89 Å². The van der Waals surface area contributed by atoms with Crippen LogP contribution in [-0.4, -0.2) is 36.8 Å². The lowest BCUT2D eigenvalue weighted by molar-refractivity contribution is 0.257. The monoisotopic (exact) mass is 180 g/mol. The maximum Gasteiger partial charge on any atom is 0.0389 e. The van der Waals surface area contributed by atoms with Crippen molar-refractivity contribution < 1.29 is 0 Å². The van der Waals surface area contributed by atoms with E-state index in [0.717, 1.165) is 6.54 Å². The van der Waals surface area contributed by atoms with Crippen LogP contribution in [0.4, 0.5) is 0 Å². The Bertz CT molecular complexity index is 181. The van der Waals surface area contributed by atoms with Crippen LogP contribution in [0, 0.1) is 0 Å². The van der Waals surface area contributed by atoms with Gasteiger partial charge in [0.15, 0.2) is 0 Å². The summed E-state index contributed by atoms with van der Waals surface area (Å²) in [6.45, 7) is 4.86. The summed E-state index contributed by atoms with van der Waals surface area (Å²) >= 11 is 0. The van der Waals surface area contributed by atoms with Crippen LogP contribution in [-0.2, 0) is 0 Å². The van der Waals surface area contributed by atoms with E-state index in [4.69, 9.17) is 0 Å². The van der Waals surface area contributed by atoms with E-state index in [0.29, 0.717) is 0 Å². The minimum atomic E-state index is 1.09. The molecule has 2 rings (SSSR count). The summed E-state index contributed by atoms with van der Waals surface area (Å²) in [6, 6.07) is 0. The third kappa shape index (κ3) is 2.80. The van der Waals surface area contributed by atoms with Crippen LogP contribution in [0.3, 0.4) is 0 Å². The fraction of sp³-hybridized carbons (Fsp3) is 0.909. The second kappa shape index (κ2) is 4.75. The molecule has 0 bridgehead atoms. The number of rotatable bonds is 2. The van der Waals surface area contributed by atoms with E-state index in [1.165, 1.54) is 63.9 Å². The minimum absolute atomic E-state index is 1.09. The van der Waals surface area contributed by atoms with Gasteiger partial charge < -0.3 is 0 Å². The molecular weight excluding hydrogens is 160 g/mol. The molecule has 74 valence electrons. The molecule has 0 aromatic rings. The molecule has 2 nitrogen and oxygen atoms in total. The lowest BCUT2D eigenvalue weighted by Crippen LogP contribution is -2.35. The summed E-state index contributed by atoms with van der Waals surface area (Å²) in [5.74, 6) is 0. The SMILES string of the molecule is C1CCN(CC2=NCCCC2)CC1. The highest BCUT2D eigenvalue weighted by Gasteiger charge is 2.13. The van der Waals surface area contributed by atoms with Crippen molar-refractivity contribution in [2.45, 2.75) is 38.5 Å². The molecule has 1 saturated heterocycles. The number of hydrogen-bond acceptors (Lipinski definition) is 2. The molecule has 0 aromatic heterocycles. The Morgan fingerprint density at radius 3 is 2.54 bits per heavy atom. The van der Waals surface area contributed by atoms with E-state index >= 15 is 0 Å². The average molecular weight is 180 g/mol. The molecule has 0 radical (unpaired) electrons. The molecule has 2 aliphatic heterocycles. The van der Waals surface area contributed by atoms with Gasteiger partial charge in [0.05, 0.1) is 0 Å². The summed E-state index contributed by atoms with van der Waals surface area (Å²) in [5, 5.41) is 0. The van der Waals surface area contributed by atoms with Crippen molar-refractivity contribution in [1.29, 1.82) is 0 Å². The number of aliphatic imine (C=N–C) groups is 1. The molecule has 2 heteroatoms. The van der Waals surface area contributed by atoms with Crippen LogP contribution in [0.5, 0.6) is 0 Å². The normalized spacial score (nSPS) is 25.7. The molecule has 0 N–H and O–H groups in total. The predicted octanol–water partition coefficient (Wildman–Crippen LogP) is 2.10. The van der Waals surface area contributed by atoms with Crippen molar-refractivity contribution in [2.24, 2.45) is 4.99 Å². The first-order chi connectivity index (χ1) is 6.45. The van der Waals surface area contributed by atoms with Crippen molar-refractivity contribution in [3.8, 4) is 0 Å². The van der Waals surface area contributed by atoms with Gasteiger partial charge in [-0.3, -0.25) is 9.89 Å². The molecule has 0 saturated carbocycles. The van der Waals surface area contributed by atoms with Crippen molar-refractivity contribution in [3.63, 3.8) is 0 Å². The minimum Gasteiger partial charge on any atom is -0.298 e. The molecule has 0 unspecified atom stereocenters. The van der Waals surface area contributed by atoms with E-state index in [1.54, 1.807) is 0 Å². The van der Waals surface area contributed by atoms with Crippen LogP contribution in [0.15, 0.2) is 4.99 Å². The van der Waals surface area contributed by atoms with Gasteiger partial charge in [0.2, 0.25) is 0 Å². The first kappa shape index (κ1) is 9.20. The predicted molar refractivity (Wildman–Crippen MR) is 56.4 cm³/mol. The van der Waals surface area contributed by atoms with Gasteiger partial charge in [-0.15, -0.1) is 0 Å². The largest absolute Gasteiger partial charge is 0.298 e. The number of piperidine rings is 1. The number of hydrogen-bond donors (Lipinski definition) is 0. The summed E-state index contributed by atoms with van der Waals surface area (Å²) in [7, 11) is 0. The lowest BCUT2D eigenvalue weighted by Gasteiger charge is -2.27.